The van der Waals surface area contributed by atoms with Gasteiger partial charge in [0.1, 0.15) is 0 Å². The highest BCUT2D eigenvalue weighted by molar-refractivity contribution is 6.12. The Morgan fingerprint density at radius 1 is 1.09 bits per heavy atom. The maximum Gasteiger partial charge on any atom is 0.276 e. The second-order valence-electron chi connectivity index (χ2n) is 9.67. The van der Waals surface area contributed by atoms with Crippen molar-refractivity contribution in [2.24, 2.45) is 12.5 Å². The molecule has 5 aromatic rings. The Hall–Kier alpha value is -3.98. The summed E-state index contributed by atoms with van der Waals surface area (Å²) in [6, 6.07) is 12.3. The number of fused-ring (bicyclic) bond motifs is 2. The van der Waals surface area contributed by atoms with E-state index in [0.717, 1.165) is 64.6 Å². The van der Waals surface area contributed by atoms with Crippen molar-refractivity contribution in [1.29, 1.82) is 0 Å². The van der Waals surface area contributed by atoms with E-state index in [0.29, 0.717) is 17.2 Å². The largest absolute Gasteiger partial charge is 0.321 e. The lowest BCUT2D eigenvalue weighted by Gasteiger charge is -2.54. The molecule has 3 N–H and O–H groups in total. The molecule has 0 bridgehead atoms. The van der Waals surface area contributed by atoms with Crippen molar-refractivity contribution in [2.75, 3.05) is 18.4 Å². The van der Waals surface area contributed by atoms with Crippen LogP contribution in [0.15, 0.2) is 55.0 Å². The van der Waals surface area contributed by atoms with Gasteiger partial charge in [0, 0.05) is 48.4 Å². The zero-order valence-electron chi connectivity index (χ0n) is 18.7. The number of amides is 1. The number of rotatable bonds is 4. The van der Waals surface area contributed by atoms with Gasteiger partial charge in [-0.2, -0.15) is 15.3 Å². The third-order valence-corrected chi connectivity index (χ3v) is 7.44. The fourth-order valence-electron chi connectivity index (χ4n) is 5.49. The third-order valence-electron chi connectivity index (χ3n) is 7.44. The molecule has 1 aliphatic heterocycles. The number of aryl methyl sites for hydroxylation is 1. The Morgan fingerprint density at radius 2 is 1.94 bits per heavy atom. The second kappa shape index (κ2) is 7.01. The normalized spacial score (nSPS) is 17.2. The fraction of sp³-hybridized carbons (Fsp3) is 0.280. The molecule has 1 aliphatic carbocycles. The highest BCUT2D eigenvalue weighted by Gasteiger charge is 2.49. The van der Waals surface area contributed by atoms with Crippen molar-refractivity contribution in [3.05, 3.63) is 60.7 Å². The SMILES string of the molecule is Cn1ncc2cc(NC(=O)c3nn(C4CC5(CNC5)C4)c4ccc(-c5cn[nH]c5)cc34)ccc21. The van der Waals surface area contributed by atoms with Crippen LogP contribution < -0.4 is 10.6 Å². The zero-order chi connectivity index (χ0) is 22.9. The first-order valence-corrected chi connectivity index (χ1v) is 11.5. The van der Waals surface area contributed by atoms with E-state index < -0.39 is 0 Å². The van der Waals surface area contributed by atoms with Crippen LogP contribution >= 0.6 is 0 Å². The third kappa shape index (κ3) is 2.90. The van der Waals surface area contributed by atoms with Crippen LogP contribution in [0.2, 0.25) is 0 Å². The quantitative estimate of drug-likeness (QED) is 0.387. The second-order valence-corrected chi connectivity index (χ2v) is 9.67. The van der Waals surface area contributed by atoms with E-state index >= 15 is 0 Å². The van der Waals surface area contributed by atoms with Crippen LogP contribution in [0.5, 0.6) is 0 Å². The van der Waals surface area contributed by atoms with Gasteiger partial charge in [-0.1, -0.05) is 6.07 Å². The van der Waals surface area contributed by atoms with Gasteiger partial charge in [0.2, 0.25) is 0 Å². The summed E-state index contributed by atoms with van der Waals surface area (Å²) in [4.78, 5) is 13.5. The Kier molecular flexibility index (Phi) is 4.02. The minimum atomic E-state index is -0.212. The number of anilines is 1. The summed E-state index contributed by atoms with van der Waals surface area (Å²) >= 11 is 0. The van der Waals surface area contributed by atoms with E-state index in [1.54, 1.807) is 12.4 Å². The summed E-state index contributed by atoms with van der Waals surface area (Å²) in [5, 5.41) is 24.4. The van der Waals surface area contributed by atoms with Crippen LogP contribution in [0.25, 0.3) is 32.9 Å². The number of nitrogens with zero attached hydrogens (tertiary/aromatic N) is 5. The monoisotopic (exact) mass is 452 g/mol. The van der Waals surface area contributed by atoms with Crippen molar-refractivity contribution in [2.45, 2.75) is 18.9 Å². The molecule has 170 valence electrons. The molecule has 7 rings (SSSR count). The molecule has 1 amide bonds. The number of hydrogen-bond acceptors (Lipinski definition) is 5. The van der Waals surface area contributed by atoms with Crippen LogP contribution in [0.1, 0.15) is 29.4 Å². The molecule has 2 aromatic carbocycles. The molecule has 0 unspecified atom stereocenters. The average Bonchev–Trinajstić information content (AvgIpc) is 3.51. The summed E-state index contributed by atoms with van der Waals surface area (Å²) in [5.41, 5.74) is 5.57. The molecule has 3 aromatic heterocycles. The molecule has 2 fully saturated rings. The summed E-state index contributed by atoms with van der Waals surface area (Å²) in [5.74, 6) is -0.212. The van der Waals surface area contributed by atoms with Gasteiger partial charge in [0.25, 0.3) is 5.91 Å². The van der Waals surface area contributed by atoms with Crippen LogP contribution in [-0.4, -0.2) is 48.8 Å². The number of aromatic amines is 1. The molecule has 9 nitrogen and oxygen atoms in total. The van der Waals surface area contributed by atoms with Gasteiger partial charge >= 0.3 is 0 Å². The van der Waals surface area contributed by atoms with Gasteiger partial charge in [-0.15, -0.1) is 0 Å². The molecule has 9 heteroatoms. The van der Waals surface area contributed by atoms with Crippen LogP contribution in [0.3, 0.4) is 0 Å². The topological polar surface area (TPSA) is 105 Å². The fourth-order valence-corrected chi connectivity index (χ4v) is 5.49. The van der Waals surface area contributed by atoms with E-state index in [1.807, 2.05) is 42.2 Å². The Balaban J connectivity index is 1.27. The van der Waals surface area contributed by atoms with Crippen molar-refractivity contribution < 1.29 is 4.79 Å². The zero-order valence-corrected chi connectivity index (χ0v) is 18.7. The van der Waals surface area contributed by atoms with Crippen LogP contribution in [-0.2, 0) is 7.05 Å². The molecule has 2 aliphatic rings. The highest BCUT2D eigenvalue weighted by Crippen LogP contribution is 2.51. The summed E-state index contributed by atoms with van der Waals surface area (Å²) in [6.45, 7) is 2.16. The van der Waals surface area contributed by atoms with Crippen molar-refractivity contribution in [3.8, 4) is 11.1 Å². The predicted octanol–water partition coefficient (Wildman–Crippen LogP) is 3.49. The predicted molar refractivity (Wildman–Crippen MR) is 130 cm³/mol. The molecule has 1 saturated carbocycles. The Labute approximate surface area is 195 Å². The van der Waals surface area contributed by atoms with Gasteiger partial charge in [0.15, 0.2) is 5.69 Å². The van der Waals surface area contributed by atoms with E-state index in [2.05, 4.69) is 42.7 Å². The highest BCUT2D eigenvalue weighted by atomic mass is 16.2. The van der Waals surface area contributed by atoms with Gasteiger partial charge < -0.3 is 10.6 Å². The number of nitrogens with one attached hydrogen (secondary N) is 3. The lowest BCUT2D eigenvalue weighted by atomic mass is 9.62. The maximum atomic E-state index is 13.5. The van der Waals surface area contributed by atoms with Crippen LogP contribution in [0, 0.1) is 5.41 Å². The van der Waals surface area contributed by atoms with Crippen LogP contribution in [0.4, 0.5) is 5.69 Å². The maximum absolute atomic E-state index is 13.5. The van der Waals surface area contributed by atoms with E-state index in [4.69, 9.17) is 5.10 Å². The Morgan fingerprint density at radius 3 is 2.71 bits per heavy atom. The van der Waals surface area contributed by atoms with Gasteiger partial charge in [-0.05, 0) is 54.2 Å². The summed E-state index contributed by atoms with van der Waals surface area (Å²) < 4.78 is 3.88. The molecule has 1 spiro atoms. The molecule has 1 saturated heterocycles. The molecule has 34 heavy (non-hydrogen) atoms. The smallest absolute Gasteiger partial charge is 0.276 e. The molecule has 0 radical (unpaired) electrons. The molecular formula is C25H24N8O. The van der Waals surface area contributed by atoms with E-state index in [-0.39, 0.29) is 5.91 Å². The molecule has 4 heterocycles. The van der Waals surface area contributed by atoms with Crippen molar-refractivity contribution >= 4 is 33.4 Å². The number of H-pyrrole nitrogens is 1. The molecular weight excluding hydrogens is 428 g/mol. The summed E-state index contributed by atoms with van der Waals surface area (Å²) in [7, 11) is 1.90. The Bertz CT molecular complexity index is 1550. The first-order chi connectivity index (χ1) is 16.6. The average molecular weight is 453 g/mol. The standard InChI is InChI=1S/C25H24N8O/c1-32-21-5-3-18(6-16(21)12-29-32)30-24(34)23-20-7-15(17-10-27-28-11-17)2-4-22(20)33(31-23)19-8-25(9-19)13-26-14-25/h2-7,10-12,19,26H,8-9,13-14H2,1H3,(H,27,28)(H,30,34). The number of carbonyl (C=O) groups is 1. The summed E-state index contributed by atoms with van der Waals surface area (Å²) in [6.07, 6.45) is 7.63. The van der Waals surface area contributed by atoms with Gasteiger partial charge in [0.05, 0.1) is 29.5 Å². The lowest BCUT2D eigenvalue weighted by molar-refractivity contribution is 0.00418. The number of carbonyl (C=O) groups excluding carboxylic acids is 1. The van der Waals surface area contributed by atoms with Crippen molar-refractivity contribution in [1.82, 2.24) is 35.1 Å². The first kappa shape index (κ1) is 19.5. The van der Waals surface area contributed by atoms with E-state index in [1.165, 1.54) is 0 Å². The lowest BCUT2D eigenvalue weighted by Crippen LogP contribution is -2.60. The number of benzene rings is 2. The first-order valence-electron chi connectivity index (χ1n) is 11.5. The van der Waals surface area contributed by atoms with Gasteiger partial charge in [-0.3, -0.25) is 19.3 Å². The van der Waals surface area contributed by atoms with Crippen molar-refractivity contribution in [3.63, 3.8) is 0 Å². The number of hydrogen-bond donors (Lipinski definition) is 3. The molecule has 0 atom stereocenters. The van der Waals surface area contributed by atoms with Gasteiger partial charge in [-0.25, -0.2) is 0 Å². The number of aromatic nitrogens is 6. The minimum absolute atomic E-state index is 0.212. The van der Waals surface area contributed by atoms with E-state index in [9.17, 15) is 4.79 Å². The minimum Gasteiger partial charge on any atom is -0.321 e.